The molecule has 3 fully saturated rings. The average Bonchev–Trinajstić information content (AvgIpc) is 3.84. The van der Waals surface area contributed by atoms with Gasteiger partial charge in [-0.05, 0) is 59.6 Å². The first kappa shape index (κ1) is 34.0. The highest BCUT2D eigenvalue weighted by Crippen LogP contribution is 2.45. The lowest BCUT2D eigenvalue weighted by Crippen LogP contribution is -2.66. The van der Waals surface area contributed by atoms with E-state index in [0.717, 1.165) is 85.2 Å². The Morgan fingerprint density at radius 3 is 2.45 bits per heavy atom. The summed E-state index contributed by atoms with van der Waals surface area (Å²) in [6.45, 7) is 3.74. The molecule has 0 saturated carbocycles. The molecule has 0 unspecified atom stereocenters. The fraction of sp³-hybridized carbons (Fsp3) is 0.375. The molecular weight excluding hydrogens is 685 g/mol. The summed E-state index contributed by atoms with van der Waals surface area (Å²) >= 11 is 14.0. The summed E-state index contributed by atoms with van der Waals surface area (Å²) < 4.78 is 12.2. The zero-order valence-electron chi connectivity index (χ0n) is 28.6. The fourth-order valence-corrected chi connectivity index (χ4v) is 8.71. The second-order valence-corrected chi connectivity index (χ2v) is 15.0. The van der Waals surface area contributed by atoms with Crippen molar-refractivity contribution < 1.29 is 19.1 Å². The van der Waals surface area contributed by atoms with Gasteiger partial charge in [0.1, 0.15) is 11.1 Å². The van der Waals surface area contributed by atoms with Gasteiger partial charge in [-0.1, -0.05) is 83.9 Å². The predicted octanol–water partition coefficient (Wildman–Crippen LogP) is 6.63. The largest absolute Gasteiger partial charge is 0.481 e. The molecule has 2 amide bonds. The number of carbonyl (C=O) groups is 2. The van der Waals surface area contributed by atoms with Crippen LogP contribution in [0.4, 0.5) is 0 Å². The topological polar surface area (TPSA) is 105 Å². The number of nitrogens with zero attached hydrogens (tertiary/aromatic N) is 2. The fourth-order valence-electron chi connectivity index (χ4n) is 8.15. The van der Waals surface area contributed by atoms with E-state index in [4.69, 9.17) is 37.7 Å². The van der Waals surface area contributed by atoms with Crippen molar-refractivity contribution in [2.45, 2.75) is 69.3 Å². The second kappa shape index (κ2) is 14.1. The number of hydrogen-bond acceptors (Lipinski definition) is 7. The van der Waals surface area contributed by atoms with Crippen LogP contribution in [0.3, 0.4) is 0 Å². The van der Waals surface area contributed by atoms with Gasteiger partial charge in [-0.15, -0.1) is 0 Å². The number of pyridine rings is 1. The molecule has 264 valence electrons. The summed E-state index contributed by atoms with van der Waals surface area (Å²) in [4.78, 5) is 30.2. The first-order valence-electron chi connectivity index (χ1n) is 17.7. The summed E-state index contributed by atoms with van der Waals surface area (Å²) in [5, 5.41) is 10.8. The molecule has 2 atom stereocenters. The zero-order valence-corrected chi connectivity index (χ0v) is 30.1. The van der Waals surface area contributed by atoms with Crippen molar-refractivity contribution in [2.24, 2.45) is 0 Å². The molecule has 9 nitrogen and oxygen atoms in total. The van der Waals surface area contributed by atoms with Crippen LogP contribution >= 0.6 is 23.2 Å². The van der Waals surface area contributed by atoms with Crippen molar-refractivity contribution in [2.75, 3.05) is 26.7 Å². The normalized spacial score (nSPS) is 20.6. The summed E-state index contributed by atoms with van der Waals surface area (Å²) in [7, 11) is 1.61. The molecular formula is C40H41Cl2N5O4. The van der Waals surface area contributed by atoms with Crippen molar-refractivity contribution in [1.29, 1.82) is 0 Å². The van der Waals surface area contributed by atoms with Crippen molar-refractivity contribution in [1.82, 2.24) is 25.8 Å². The number of halogens is 2. The molecule has 3 N–H and O–H groups in total. The van der Waals surface area contributed by atoms with Crippen molar-refractivity contribution in [3.05, 3.63) is 99.0 Å². The lowest BCUT2D eigenvalue weighted by Gasteiger charge is -2.48. The molecule has 1 spiro atoms. The van der Waals surface area contributed by atoms with Crippen LogP contribution < -0.4 is 25.4 Å². The number of aromatic nitrogens is 1. The molecule has 3 aromatic carbocycles. The first-order valence-corrected chi connectivity index (χ1v) is 18.5. The third kappa shape index (κ3) is 6.92. The number of benzene rings is 3. The zero-order chi connectivity index (χ0) is 35.1. The quantitative estimate of drug-likeness (QED) is 0.160. The number of hydrogen-bond donors (Lipinski definition) is 3. The van der Waals surface area contributed by atoms with E-state index in [1.807, 2.05) is 6.07 Å². The maximum atomic E-state index is 11.8. The number of methoxy groups -OCH3 is 1. The Morgan fingerprint density at radius 2 is 1.71 bits per heavy atom. The molecule has 3 aliphatic heterocycles. The standard InChI is InChI=1S/C40H41Cl2N5O4/c1-50-38-26(21-47-22-40(23-47)17-16-36(49)46-40)18-33(41)39(45-38)51-34-14-13-30-29(5-3-6-31(30)34)32-7-2-4-28(37(32)42)25-10-8-24(9-11-25)19-43-20-27-12-15-35(48)44-27/h2-11,18,27,34,43H,12-17,19-23H2,1H3,(H,44,48)(H,46,49)/t27-,34-/m0/s1. The summed E-state index contributed by atoms with van der Waals surface area (Å²) in [5.74, 6) is 1.12. The molecule has 4 aliphatic rings. The van der Waals surface area contributed by atoms with Gasteiger partial charge in [0, 0.05) is 68.3 Å². The highest BCUT2D eigenvalue weighted by Gasteiger charge is 2.47. The van der Waals surface area contributed by atoms with Crippen LogP contribution in [0.25, 0.3) is 22.3 Å². The van der Waals surface area contributed by atoms with E-state index in [2.05, 4.69) is 81.5 Å². The van der Waals surface area contributed by atoms with Crippen molar-refractivity contribution in [3.63, 3.8) is 0 Å². The number of ether oxygens (including phenoxy) is 2. The SMILES string of the molecule is COc1nc(O[C@H]2CCc3c(-c4cccc(-c5ccc(CNC[C@@H]6CCC(=O)N6)cc5)c4Cl)cccc32)c(Cl)cc1CN1CC2(CCC(=O)N2)C1. The molecule has 8 rings (SSSR count). The Morgan fingerprint density at radius 1 is 0.922 bits per heavy atom. The van der Waals surface area contributed by atoms with E-state index in [-0.39, 0.29) is 29.5 Å². The van der Waals surface area contributed by atoms with Crippen LogP contribution in [0.15, 0.2) is 66.7 Å². The molecule has 0 bridgehead atoms. The molecule has 1 aromatic heterocycles. The van der Waals surface area contributed by atoms with E-state index >= 15 is 0 Å². The van der Waals surface area contributed by atoms with Crippen LogP contribution in [0.2, 0.25) is 10.0 Å². The van der Waals surface area contributed by atoms with Gasteiger partial charge in [-0.3, -0.25) is 14.5 Å². The molecule has 4 heterocycles. The van der Waals surface area contributed by atoms with Gasteiger partial charge >= 0.3 is 0 Å². The molecule has 4 aromatic rings. The maximum absolute atomic E-state index is 11.8. The van der Waals surface area contributed by atoms with E-state index in [9.17, 15) is 9.59 Å². The third-order valence-corrected chi connectivity index (χ3v) is 11.4. The van der Waals surface area contributed by atoms with E-state index < -0.39 is 0 Å². The molecule has 51 heavy (non-hydrogen) atoms. The number of nitrogens with one attached hydrogen (secondary N) is 3. The third-order valence-electron chi connectivity index (χ3n) is 10.7. The minimum absolute atomic E-state index is 0.0912. The van der Waals surface area contributed by atoms with Crippen molar-refractivity contribution >= 4 is 35.0 Å². The molecule has 0 radical (unpaired) electrons. The Balaban J connectivity index is 0.956. The summed E-state index contributed by atoms with van der Waals surface area (Å²) in [5.41, 5.74) is 8.42. The highest BCUT2D eigenvalue weighted by molar-refractivity contribution is 6.36. The average molecular weight is 727 g/mol. The Hall–Kier alpha value is -4.15. The monoisotopic (exact) mass is 725 g/mol. The highest BCUT2D eigenvalue weighted by atomic mass is 35.5. The number of fused-ring (bicyclic) bond motifs is 1. The predicted molar refractivity (Wildman–Crippen MR) is 198 cm³/mol. The number of rotatable bonds is 11. The number of carbonyl (C=O) groups excluding carboxylic acids is 2. The molecule has 1 aliphatic carbocycles. The van der Waals surface area contributed by atoms with Gasteiger partial charge in [0.25, 0.3) is 0 Å². The maximum Gasteiger partial charge on any atom is 0.236 e. The Kier molecular flexibility index (Phi) is 9.40. The van der Waals surface area contributed by atoms with Gasteiger partial charge in [0.2, 0.25) is 23.6 Å². The number of amides is 2. The first-order chi connectivity index (χ1) is 24.8. The lowest BCUT2D eigenvalue weighted by atomic mass is 9.88. The van der Waals surface area contributed by atoms with Crippen LogP contribution in [-0.2, 0) is 29.1 Å². The Bertz CT molecular complexity index is 1980. The second-order valence-electron chi connectivity index (χ2n) is 14.2. The van der Waals surface area contributed by atoms with E-state index in [1.54, 1.807) is 7.11 Å². The summed E-state index contributed by atoms with van der Waals surface area (Å²) in [6, 6.07) is 23.1. The minimum atomic E-state index is -0.213. The number of likely N-dealkylation sites (tertiary alicyclic amines) is 1. The minimum Gasteiger partial charge on any atom is -0.481 e. The van der Waals surface area contributed by atoms with E-state index in [0.29, 0.717) is 41.2 Å². The van der Waals surface area contributed by atoms with Crippen molar-refractivity contribution in [3.8, 4) is 34.0 Å². The van der Waals surface area contributed by atoms with Crippen LogP contribution in [-0.4, -0.2) is 60.0 Å². The lowest BCUT2D eigenvalue weighted by molar-refractivity contribution is -0.121. The van der Waals surface area contributed by atoms with Gasteiger partial charge in [-0.2, -0.15) is 4.98 Å². The van der Waals surface area contributed by atoms with Gasteiger partial charge in [-0.25, -0.2) is 0 Å². The van der Waals surface area contributed by atoms with Crippen LogP contribution in [0.5, 0.6) is 11.8 Å². The van der Waals surface area contributed by atoms with Gasteiger partial charge in [0.05, 0.1) is 17.7 Å². The van der Waals surface area contributed by atoms with Crippen LogP contribution in [0.1, 0.15) is 60.5 Å². The molecule has 3 saturated heterocycles. The van der Waals surface area contributed by atoms with Gasteiger partial charge in [0.15, 0.2) is 0 Å². The smallest absolute Gasteiger partial charge is 0.236 e. The van der Waals surface area contributed by atoms with E-state index in [1.165, 1.54) is 11.1 Å². The molecule has 11 heteroatoms. The summed E-state index contributed by atoms with van der Waals surface area (Å²) in [6.07, 6.45) is 4.39. The van der Waals surface area contributed by atoms with Gasteiger partial charge < -0.3 is 25.4 Å². The van der Waals surface area contributed by atoms with Crippen LogP contribution in [0, 0.1) is 0 Å². The Labute approximate surface area is 308 Å².